The number of carboxylic acids is 2. The van der Waals surface area contributed by atoms with E-state index in [1.54, 1.807) is 0 Å². The van der Waals surface area contributed by atoms with Crippen molar-refractivity contribution in [2.24, 2.45) is 5.73 Å². The highest BCUT2D eigenvalue weighted by Gasteiger charge is 2.41. The lowest BCUT2D eigenvalue weighted by atomic mass is 9.80. The lowest BCUT2D eigenvalue weighted by Gasteiger charge is -2.36. The number of hydrogen-bond acceptors (Lipinski definition) is 5. The van der Waals surface area contributed by atoms with Crippen LogP contribution in [0, 0.1) is 11.3 Å². The molecule has 0 fully saturated rings. The third kappa shape index (κ3) is 3.88. The van der Waals surface area contributed by atoms with E-state index in [1.807, 2.05) is 6.07 Å². The summed E-state index contributed by atoms with van der Waals surface area (Å²) < 4.78 is 39.6. The fourth-order valence-electron chi connectivity index (χ4n) is 3.67. The first-order chi connectivity index (χ1) is 15.0. The molecule has 0 spiro atoms. The number of carbonyl (C=O) groups is 2. The Bertz CT molecular complexity index is 1170. The summed E-state index contributed by atoms with van der Waals surface area (Å²) in [6, 6.07) is 11.5. The minimum Gasteiger partial charge on any atom is -0.478 e. The van der Waals surface area contributed by atoms with E-state index < -0.39 is 41.0 Å². The molecule has 2 aromatic carbocycles. The fourth-order valence-corrected chi connectivity index (χ4v) is 3.67. The molecule has 0 bridgehead atoms. The number of hydrogen-bond donors (Lipinski definition) is 3. The molecule has 164 valence electrons. The second kappa shape index (κ2) is 8.11. The molecule has 0 radical (unpaired) electrons. The molecular weight excluding hydrogens is 427 g/mol. The first-order valence-electron chi connectivity index (χ1n) is 9.11. The van der Waals surface area contributed by atoms with Crippen LogP contribution >= 0.6 is 0 Å². The number of nitriles is 1. The summed E-state index contributed by atoms with van der Waals surface area (Å²) in [4.78, 5) is 25.3. The van der Waals surface area contributed by atoms with E-state index in [0.29, 0.717) is 0 Å². The topological polar surface area (TPSA) is 128 Å². The molecule has 3 rings (SSSR count). The third-order valence-electron chi connectivity index (χ3n) is 5.09. The quantitative estimate of drug-likeness (QED) is 0.656. The number of nitrogens with two attached hydrogens (primary N) is 1. The van der Waals surface area contributed by atoms with Crippen LogP contribution in [0.3, 0.4) is 0 Å². The van der Waals surface area contributed by atoms with Crippen molar-refractivity contribution in [3.05, 3.63) is 87.9 Å². The third-order valence-corrected chi connectivity index (χ3v) is 5.09. The van der Waals surface area contributed by atoms with Crippen LogP contribution in [0.2, 0.25) is 0 Å². The van der Waals surface area contributed by atoms with Gasteiger partial charge in [-0.1, -0.05) is 18.2 Å². The number of halogens is 3. The number of benzene rings is 2. The summed E-state index contributed by atoms with van der Waals surface area (Å²) >= 11 is 0. The number of nitrogens with zero attached hydrogens (tertiary/aromatic N) is 2. The van der Waals surface area contributed by atoms with Gasteiger partial charge in [-0.2, -0.15) is 18.4 Å². The van der Waals surface area contributed by atoms with E-state index in [0.717, 1.165) is 23.1 Å². The average Bonchev–Trinajstić information content (AvgIpc) is 2.72. The first kappa shape index (κ1) is 22.4. The summed E-state index contributed by atoms with van der Waals surface area (Å²) in [5.74, 6) is -4.70. The van der Waals surface area contributed by atoms with Crippen LogP contribution in [-0.2, 0) is 15.8 Å². The maximum atomic E-state index is 13.2. The smallest absolute Gasteiger partial charge is 0.416 e. The Balaban J connectivity index is 2.28. The van der Waals surface area contributed by atoms with Crippen molar-refractivity contribution in [1.82, 2.24) is 0 Å². The molecule has 1 aliphatic rings. The van der Waals surface area contributed by atoms with E-state index in [-0.39, 0.29) is 28.1 Å². The van der Waals surface area contributed by atoms with Crippen LogP contribution in [0.1, 0.15) is 29.5 Å². The van der Waals surface area contributed by atoms with Crippen molar-refractivity contribution >= 4 is 17.6 Å². The number of anilines is 1. The number of rotatable bonds is 4. The maximum absolute atomic E-state index is 13.2. The van der Waals surface area contributed by atoms with E-state index in [2.05, 4.69) is 0 Å². The molecule has 1 atom stereocenters. The van der Waals surface area contributed by atoms with Crippen LogP contribution in [0.4, 0.5) is 18.9 Å². The molecule has 4 N–H and O–H groups in total. The van der Waals surface area contributed by atoms with Gasteiger partial charge in [0.15, 0.2) is 0 Å². The van der Waals surface area contributed by atoms with Gasteiger partial charge < -0.3 is 20.8 Å². The van der Waals surface area contributed by atoms with Gasteiger partial charge in [0.05, 0.1) is 34.3 Å². The van der Waals surface area contributed by atoms with Crippen LogP contribution < -0.4 is 10.6 Å². The monoisotopic (exact) mass is 443 g/mol. The van der Waals surface area contributed by atoms with Crippen LogP contribution in [-0.4, -0.2) is 22.2 Å². The molecule has 0 saturated heterocycles. The summed E-state index contributed by atoms with van der Waals surface area (Å²) in [6.07, 6.45) is -4.67. The molecule has 1 aliphatic heterocycles. The zero-order valence-electron chi connectivity index (χ0n) is 16.5. The normalized spacial score (nSPS) is 16.7. The zero-order chi connectivity index (χ0) is 23.8. The van der Waals surface area contributed by atoms with Crippen molar-refractivity contribution in [3.63, 3.8) is 0 Å². The second-order valence-electron chi connectivity index (χ2n) is 6.96. The molecular formula is C22H16F3N3O4. The van der Waals surface area contributed by atoms with Crippen LogP contribution in [0.25, 0.3) is 0 Å². The van der Waals surface area contributed by atoms with Gasteiger partial charge in [0.2, 0.25) is 0 Å². The maximum Gasteiger partial charge on any atom is 0.416 e. The minimum atomic E-state index is -4.67. The van der Waals surface area contributed by atoms with Crippen molar-refractivity contribution in [2.75, 3.05) is 4.90 Å². The average molecular weight is 443 g/mol. The zero-order valence-corrected chi connectivity index (χ0v) is 16.5. The SMILES string of the molecule is CC1=C(C(=O)O)C(c2ccc(C#N)cc2)C(C(=O)O)=C(N)N1c1cccc(C(F)(F)F)c1. The van der Waals surface area contributed by atoms with Gasteiger partial charge in [-0.15, -0.1) is 0 Å². The Kier molecular flexibility index (Phi) is 5.68. The van der Waals surface area contributed by atoms with Crippen molar-refractivity contribution < 1.29 is 33.0 Å². The van der Waals surface area contributed by atoms with Gasteiger partial charge in [-0.3, -0.25) is 0 Å². The highest BCUT2D eigenvalue weighted by Crippen LogP contribution is 2.43. The Morgan fingerprint density at radius 2 is 1.66 bits per heavy atom. The first-order valence-corrected chi connectivity index (χ1v) is 9.11. The van der Waals surface area contributed by atoms with Crippen molar-refractivity contribution in [1.29, 1.82) is 5.26 Å². The molecule has 0 aliphatic carbocycles. The highest BCUT2D eigenvalue weighted by atomic mass is 19.4. The second-order valence-corrected chi connectivity index (χ2v) is 6.96. The molecule has 2 aromatic rings. The van der Waals surface area contributed by atoms with Gasteiger partial charge in [-0.05, 0) is 42.8 Å². The Morgan fingerprint density at radius 1 is 1.06 bits per heavy atom. The molecule has 0 aromatic heterocycles. The predicted molar refractivity (Wildman–Crippen MR) is 107 cm³/mol. The van der Waals surface area contributed by atoms with Gasteiger partial charge in [0.25, 0.3) is 0 Å². The van der Waals surface area contributed by atoms with Crippen molar-refractivity contribution in [3.8, 4) is 6.07 Å². The number of allylic oxidation sites excluding steroid dienone is 1. The standard InChI is InChI=1S/C22H16F3N3O4/c1-11-16(20(29)30)17(13-7-5-12(10-26)6-8-13)18(21(31)32)19(27)28(11)15-4-2-3-14(9-15)22(23,24)25/h2-9,17H,27H2,1H3,(H,29,30)(H,31,32). The summed E-state index contributed by atoms with van der Waals surface area (Å²) in [6.45, 7) is 1.34. The summed E-state index contributed by atoms with van der Waals surface area (Å²) in [7, 11) is 0. The fraction of sp³-hybridized carbons (Fsp3) is 0.136. The number of alkyl halides is 3. The Labute approximate surface area is 180 Å². The van der Waals surface area contributed by atoms with Gasteiger partial charge in [0.1, 0.15) is 5.82 Å². The number of carboxylic acid groups (broad SMARTS) is 2. The van der Waals surface area contributed by atoms with E-state index in [1.165, 1.54) is 37.3 Å². The lowest BCUT2D eigenvalue weighted by molar-refractivity contribution is -0.138. The lowest BCUT2D eigenvalue weighted by Crippen LogP contribution is -2.38. The summed E-state index contributed by atoms with van der Waals surface area (Å²) in [5.41, 5.74) is 4.61. The molecule has 0 saturated carbocycles. The van der Waals surface area contributed by atoms with Gasteiger partial charge >= 0.3 is 18.1 Å². The largest absolute Gasteiger partial charge is 0.478 e. The van der Waals surface area contributed by atoms with Crippen molar-refractivity contribution in [2.45, 2.75) is 19.0 Å². The minimum absolute atomic E-state index is 0.0336. The summed E-state index contributed by atoms with van der Waals surface area (Å²) in [5, 5.41) is 28.7. The predicted octanol–water partition coefficient (Wildman–Crippen LogP) is 3.79. The molecule has 7 nitrogen and oxygen atoms in total. The molecule has 1 unspecified atom stereocenters. The Hall–Kier alpha value is -4.26. The molecule has 1 heterocycles. The van der Waals surface area contributed by atoms with E-state index >= 15 is 0 Å². The van der Waals surface area contributed by atoms with E-state index in [9.17, 15) is 33.0 Å². The molecule has 32 heavy (non-hydrogen) atoms. The Morgan fingerprint density at radius 3 is 2.16 bits per heavy atom. The highest BCUT2D eigenvalue weighted by molar-refractivity contribution is 6.00. The molecule has 0 amide bonds. The van der Waals surface area contributed by atoms with Gasteiger partial charge in [0, 0.05) is 11.4 Å². The number of aliphatic carboxylic acids is 2. The van der Waals surface area contributed by atoms with Crippen LogP contribution in [0.5, 0.6) is 0 Å². The van der Waals surface area contributed by atoms with E-state index in [4.69, 9.17) is 11.0 Å². The van der Waals surface area contributed by atoms with Crippen LogP contribution in [0.15, 0.2) is 71.2 Å². The molecule has 10 heteroatoms. The van der Waals surface area contributed by atoms with Gasteiger partial charge in [-0.25, -0.2) is 9.59 Å².